The number of piperidine rings is 1. The van der Waals surface area contributed by atoms with Crippen LogP contribution in [0.3, 0.4) is 0 Å². The standard InChI is InChI=1S/C20H22N2O2/c1-22-10-4-5-14(12-22)13-24-15-8-9-17-16-6-2-3-7-18(16)20(21-23)19(17)11-15/h2-3,6-9,11,14,23H,4-5,10,12-13H2,1H3/b21-20+. The Bertz CT molecular complexity index is 785. The average molecular weight is 322 g/mol. The lowest BCUT2D eigenvalue weighted by atomic mass is 9.99. The molecule has 1 atom stereocenters. The molecule has 1 heterocycles. The molecule has 0 amide bonds. The van der Waals surface area contributed by atoms with Gasteiger partial charge in [-0.05, 0) is 55.8 Å². The lowest BCUT2D eigenvalue weighted by molar-refractivity contribution is 0.150. The minimum atomic E-state index is 0.584. The predicted molar refractivity (Wildman–Crippen MR) is 95.0 cm³/mol. The average Bonchev–Trinajstić information content (AvgIpc) is 2.93. The molecule has 0 radical (unpaired) electrons. The van der Waals surface area contributed by atoms with E-state index >= 15 is 0 Å². The second-order valence-corrected chi connectivity index (χ2v) is 6.78. The molecule has 4 heteroatoms. The molecule has 4 nitrogen and oxygen atoms in total. The molecular weight excluding hydrogens is 300 g/mol. The van der Waals surface area contributed by atoms with E-state index in [1.807, 2.05) is 30.3 Å². The van der Waals surface area contributed by atoms with Gasteiger partial charge >= 0.3 is 0 Å². The molecule has 0 spiro atoms. The maximum absolute atomic E-state index is 9.46. The highest BCUT2D eigenvalue weighted by Gasteiger charge is 2.25. The Morgan fingerprint density at radius 3 is 2.71 bits per heavy atom. The molecule has 0 aromatic heterocycles. The Labute approximate surface area is 142 Å². The summed E-state index contributed by atoms with van der Waals surface area (Å²) < 4.78 is 6.05. The number of fused-ring (bicyclic) bond motifs is 3. The number of hydrogen-bond acceptors (Lipinski definition) is 4. The number of likely N-dealkylation sites (tertiary alicyclic amines) is 1. The molecule has 1 saturated heterocycles. The zero-order valence-electron chi connectivity index (χ0n) is 13.9. The highest BCUT2D eigenvalue weighted by molar-refractivity contribution is 6.24. The van der Waals surface area contributed by atoms with Crippen molar-refractivity contribution in [3.05, 3.63) is 53.6 Å². The summed E-state index contributed by atoms with van der Waals surface area (Å²) in [5, 5.41) is 13.0. The topological polar surface area (TPSA) is 45.1 Å². The zero-order chi connectivity index (χ0) is 16.5. The van der Waals surface area contributed by atoms with Gasteiger partial charge in [0, 0.05) is 23.6 Å². The lowest BCUT2D eigenvalue weighted by Crippen LogP contribution is -2.34. The van der Waals surface area contributed by atoms with Crippen LogP contribution in [-0.2, 0) is 0 Å². The van der Waals surface area contributed by atoms with E-state index in [0.717, 1.165) is 41.2 Å². The van der Waals surface area contributed by atoms with Crippen LogP contribution in [0, 0.1) is 5.92 Å². The number of nitrogens with zero attached hydrogens (tertiary/aromatic N) is 2. The quantitative estimate of drug-likeness (QED) is 0.592. The summed E-state index contributed by atoms with van der Waals surface area (Å²) in [6.07, 6.45) is 2.47. The highest BCUT2D eigenvalue weighted by Crippen LogP contribution is 2.38. The Hall–Kier alpha value is -2.33. The zero-order valence-corrected chi connectivity index (χ0v) is 13.9. The molecule has 0 saturated carbocycles. The first kappa shape index (κ1) is 15.2. The van der Waals surface area contributed by atoms with Crippen LogP contribution in [0.2, 0.25) is 0 Å². The molecule has 1 aliphatic heterocycles. The van der Waals surface area contributed by atoms with Gasteiger partial charge in [-0.25, -0.2) is 0 Å². The van der Waals surface area contributed by atoms with Crippen LogP contribution in [0.5, 0.6) is 5.75 Å². The second-order valence-electron chi connectivity index (χ2n) is 6.78. The fraction of sp³-hybridized carbons (Fsp3) is 0.350. The maximum atomic E-state index is 9.46. The molecule has 1 fully saturated rings. The van der Waals surface area contributed by atoms with Gasteiger partial charge in [0.2, 0.25) is 0 Å². The van der Waals surface area contributed by atoms with Gasteiger partial charge in [-0.2, -0.15) is 0 Å². The van der Waals surface area contributed by atoms with E-state index < -0.39 is 0 Å². The normalized spacial score (nSPS) is 21.5. The van der Waals surface area contributed by atoms with Gasteiger partial charge < -0.3 is 14.8 Å². The smallest absolute Gasteiger partial charge is 0.120 e. The van der Waals surface area contributed by atoms with Gasteiger partial charge in [0.1, 0.15) is 11.5 Å². The predicted octanol–water partition coefficient (Wildman–Crippen LogP) is 3.61. The van der Waals surface area contributed by atoms with Crippen LogP contribution in [0.15, 0.2) is 47.6 Å². The van der Waals surface area contributed by atoms with E-state index in [2.05, 4.69) is 29.2 Å². The SMILES string of the molecule is CN1CCCC(COc2ccc3c(c2)/C(=N/O)c2ccccc2-3)C1. The van der Waals surface area contributed by atoms with Crippen LogP contribution >= 0.6 is 0 Å². The molecule has 2 aromatic rings. The monoisotopic (exact) mass is 322 g/mol. The Morgan fingerprint density at radius 2 is 1.92 bits per heavy atom. The third-order valence-corrected chi connectivity index (χ3v) is 5.03. The van der Waals surface area contributed by atoms with Crippen LogP contribution < -0.4 is 4.74 Å². The second kappa shape index (κ2) is 6.29. The van der Waals surface area contributed by atoms with E-state index in [0.29, 0.717) is 11.6 Å². The summed E-state index contributed by atoms with van der Waals surface area (Å²) in [4.78, 5) is 2.37. The van der Waals surface area contributed by atoms with Gasteiger partial charge in [-0.3, -0.25) is 0 Å². The number of oxime groups is 1. The fourth-order valence-electron chi connectivity index (χ4n) is 3.84. The van der Waals surface area contributed by atoms with Gasteiger partial charge in [-0.1, -0.05) is 29.4 Å². The third-order valence-electron chi connectivity index (χ3n) is 5.03. The minimum absolute atomic E-state index is 0.584. The molecule has 124 valence electrons. The first-order valence-electron chi connectivity index (χ1n) is 8.54. The largest absolute Gasteiger partial charge is 0.493 e. The number of ether oxygens (including phenoxy) is 1. The molecule has 1 N–H and O–H groups in total. The first-order chi connectivity index (χ1) is 11.8. The molecule has 2 aliphatic rings. The van der Waals surface area contributed by atoms with Crippen molar-refractivity contribution in [3.8, 4) is 16.9 Å². The summed E-state index contributed by atoms with van der Waals surface area (Å²) >= 11 is 0. The van der Waals surface area contributed by atoms with Crippen LogP contribution in [0.1, 0.15) is 24.0 Å². The van der Waals surface area contributed by atoms with Crippen molar-refractivity contribution >= 4 is 5.71 Å². The molecule has 24 heavy (non-hydrogen) atoms. The summed E-state index contributed by atoms with van der Waals surface area (Å²) in [5.74, 6) is 1.43. The minimum Gasteiger partial charge on any atom is -0.493 e. The molecule has 0 bridgehead atoms. The van der Waals surface area contributed by atoms with Crippen molar-refractivity contribution in [2.24, 2.45) is 11.1 Å². The van der Waals surface area contributed by atoms with Crippen molar-refractivity contribution in [1.82, 2.24) is 4.90 Å². The summed E-state index contributed by atoms with van der Waals surface area (Å²) in [6, 6.07) is 14.1. The van der Waals surface area contributed by atoms with Crippen LogP contribution in [0.4, 0.5) is 0 Å². The van der Waals surface area contributed by atoms with Crippen molar-refractivity contribution in [2.45, 2.75) is 12.8 Å². The maximum Gasteiger partial charge on any atom is 0.120 e. The Balaban J connectivity index is 1.55. The van der Waals surface area contributed by atoms with Crippen molar-refractivity contribution < 1.29 is 9.94 Å². The van der Waals surface area contributed by atoms with E-state index in [4.69, 9.17) is 4.74 Å². The molecule has 1 aliphatic carbocycles. The van der Waals surface area contributed by atoms with Crippen molar-refractivity contribution in [2.75, 3.05) is 26.7 Å². The first-order valence-corrected chi connectivity index (χ1v) is 8.54. The number of rotatable bonds is 3. The van der Waals surface area contributed by atoms with Crippen molar-refractivity contribution in [3.63, 3.8) is 0 Å². The van der Waals surface area contributed by atoms with E-state index in [-0.39, 0.29) is 0 Å². The lowest BCUT2D eigenvalue weighted by Gasteiger charge is -2.29. The summed E-state index contributed by atoms with van der Waals surface area (Å²) in [7, 11) is 2.17. The molecule has 4 rings (SSSR count). The van der Waals surface area contributed by atoms with E-state index in [1.54, 1.807) is 0 Å². The van der Waals surface area contributed by atoms with Crippen LogP contribution in [-0.4, -0.2) is 42.6 Å². The van der Waals surface area contributed by atoms with Gasteiger partial charge in [0.15, 0.2) is 0 Å². The molecular formula is C20H22N2O2. The Kier molecular flexibility index (Phi) is 3.98. The summed E-state index contributed by atoms with van der Waals surface area (Å²) in [5.41, 5.74) is 4.75. The fourth-order valence-corrected chi connectivity index (χ4v) is 3.84. The van der Waals surface area contributed by atoms with Crippen molar-refractivity contribution in [1.29, 1.82) is 0 Å². The van der Waals surface area contributed by atoms with Crippen LogP contribution in [0.25, 0.3) is 11.1 Å². The number of benzene rings is 2. The van der Waals surface area contributed by atoms with E-state index in [1.165, 1.54) is 19.4 Å². The molecule has 1 unspecified atom stereocenters. The summed E-state index contributed by atoms with van der Waals surface area (Å²) in [6.45, 7) is 3.02. The third kappa shape index (κ3) is 2.67. The van der Waals surface area contributed by atoms with Gasteiger partial charge in [-0.15, -0.1) is 0 Å². The van der Waals surface area contributed by atoms with Gasteiger partial charge in [0.25, 0.3) is 0 Å². The number of hydrogen-bond donors (Lipinski definition) is 1. The highest BCUT2D eigenvalue weighted by atomic mass is 16.5. The van der Waals surface area contributed by atoms with E-state index in [9.17, 15) is 5.21 Å². The Morgan fingerprint density at radius 1 is 1.12 bits per heavy atom. The molecule has 2 aromatic carbocycles. The van der Waals surface area contributed by atoms with Gasteiger partial charge in [0.05, 0.1) is 6.61 Å².